The Morgan fingerprint density at radius 3 is 2.81 bits per heavy atom. The van der Waals surface area contributed by atoms with E-state index in [-0.39, 0.29) is 5.97 Å². The predicted octanol–water partition coefficient (Wildman–Crippen LogP) is 2.45. The summed E-state index contributed by atoms with van der Waals surface area (Å²) in [4.78, 5) is 17.1. The maximum Gasteiger partial charge on any atom is 0.305 e. The largest absolute Gasteiger partial charge is 0.466 e. The van der Waals surface area contributed by atoms with Gasteiger partial charge in [-0.25, -0.2) is 4.99 Å². The highest BCUT2D eigenvalue weighted by Gasteiger charge is 2.03. The minimum atomic E-state index is -0.143. The smallest absolute Gasteiger partial charge is 0.305 e. The van der Waals surface area contributed by atoms with Crippen molar-refractivity contribution in [2.24, 2.45) is 4.99 Å². The lowest BCUT2D eigenvalue weighted by molar-refractivity contribution is -0.143. The van der Waals surface area contributed by atoms with Gasteiger partial charge in [-0.1, -0.05) is 0 Å². The van der Waals surface area contributed by atoms with E-state index in [0.717, 1.165) is 18.9 Å². The molecule has 0 radical (unpaired) electrons. The number of hydrogen-bond acceptors (Lipinski definition) is 4. The standard InChI is InChI=1S/C15H25N3O2S/c1-4-16-15(17-9-6-7-14(19)20-5-2)18-11-13-12(3)8-10-21-13/h8,10H,4-7,9,11H2,1-3H3,(H2,16,17,18). The molecule has 0 atom stereocenters. The molecule has 0 unspecified atom stereocenters. The normalized spacial score (nSPS) is 11.3. The SMILES string of the molecule is CCNC(=NCc1sccc1C)NCCCC(=O)OCC. The van der Waals surface area contributed by atoms with E-state index >= 15 is 0 Å². The number of thiophene rings is 1. The second kappa shape index (κ2) is 10.2. The lowest BCUT2D eigenvalue weighted by atomic mass is 10.3. The highest BCUT2D eigenvalue weighted by atomic mass is 32.1. The van der Waals surface area contributed by atoms with Crippen LogP contribution < -0.4 is 10.6 Å². The number of ether oxygens (including phenoxy) is 1. The molecule has 1 aromatic heterocycles. The van der Waals surface area contributed by atoms with Crippen LogP contribution in [0.1, 0.15) is 37.1 Å². The van der Waals surface area contributed by atoms with E-state index in [1.165, 1.54) is 10.4 Å². The molecule has 118 valence electrons. The number of guanidine groups is 1. The Labute approximate surface area is 130 Å². The molecule has 1 heterocycles. The predicted molar refractivity (Wildman–Crippen MR) is 87.7 cm³/mol. The molecule has 0 aromatic carbocycles. The first-order valence-corrected chi connectivity index (χ1v) is 8.26. The van der Waals surface area contributed by atoms with Gasteiger partial charge in [0.2, 0.25) is 0 Å². The molecule has 1 rings (SSSR count). The Bertz CT molecular complexity index is 458. The molecule has 5 nitrogen and oxygen atoms in total. The number of esters is 1. The van der Waals surface area contributed by atoms with Gasteiger partial charge >= 0.3 is 5.97 Å². The van der Waals surface area contributed by atoms with Crippen molar-refractivity contribution in [2.75, 3.05) is 19.7 Å². The van der Waals surface area contributed by atoms with Crippen molar-refractivity contribution in [3.05, 3.63) is 21.9 Å². The quantitative estimate of drug-likeness (QED) is 0.335. The first-order chi connectivity index (χ1) is 10.2. The molecule has 0 amide bonds. The maximum atomic E-state index is 11.2. The third-order valence-electron chi connectivity index (χ3n) is 2.85. The molecule has 0 aliphatic carbocycles. The zero-order valence-electron chi connectivity index (χ0n) is 13.1. The molecule has 0 aliphatic heterocycles. The van der Waals surface area contributed by atoms with Gasteiger partial charge in [0.15, 0.2) is 5.96 Å². The Balaban J connectivity index is 2.35. The Hall–Kier alpha value is -1.56. The van der Waals surface area contributed by atoms with Crippen molar-refractivity contribution in [3.8, 4) is 0 Å². The molecule has 21 heavy (non-hydrogen) atoms. The van der Waals surface area contributed by atoms with E-state index in [0.29, 0.717) is 26.1 Å². The third-order valence-corrected chi connectivity index (χ3v) is 3.86. The lowest BCUT2D eigenvalue weighted by Gasteiger charge is -2.11. The number of aliphatic imine (C=N–C) groups is 1. The van der Waals surface area contributed by atoms with Crippen LogP contribution in [0.2, 0.25) is 0 Å². The van der Waals surface area contributed by atoms with E-state index in [4.69, 9.17) is 4.74 Å². The van der Waals surface area contributed by atoms with Gasteiger partial charge in [0, 0.05) is 24.4 Å². The fourth-order valence-electron chi connectivity index (χ4n) is 1.73. The number of carbonyl (C=O) groups excluding carboxylic acids is 1. The molecule has 2 N–H and O–H groups in total. The van der Waals surface area contributed by atoms with Crippen LogP contribution in [0.5, 0.6) is 0 Å². The molecular formula is C15H25N3O2S. The number of nitrogens with zero attached hydrogens (tertiary/aromatic N) is 1. The highest BCUT2D eigenvalue weighted by molar-refractivity contribution is 7.10. The monoisotopic (exact) mass is 311 g/mol. The fourth-order valence-corrected chi connectivity index (χ4v) is 2.56. The van der Waals surface area contributed by atoms with Gasteiger partial charge in [-0.15, -0.1) is 11.3 Å². The van der Waals surface area contributed by atoms with Crippen molar-refractivity contribution >= 4 is 23.3 Å². The zero-order chi connectivity index (χ0) is 15.5. The van der Waals surface area contributed by atoms with Gasteiger partial charge in [-0.3, -0.25) is 4.79 Å². The van der Waals surface area contributed by atoms with Gasteiger partial charge in [0.25, 0.3) is 0 Å². The molecule has 1 aromatic rings. The third kappa shape index (κ3) is 7.13. The van der Waals surface area contributed by atoms with E-state index in [2.05, 4.69) is 34.0 Å². The molecule has 6 heteroatoms. The average molecular weight is 311 g/mol. The van der Waals surface area contributed by atoms with Crippen LogP contribution in [0, 0.1) is 6.92 Å². The first-order valence-electron chi connectivity index (χ1n) is 7.38. The topological polar surface area (TPSA) is 62.7 Å². The van der Waals surface area contributed by atoms with Crippen LogP contribution in [0.3, 0.4) is 0 Å². The summed E-state index contributed by atoms with van der Waals surface area (Å²) < 4.78 is 4.89. The van der Waals surface area contributed by atoms with Crippen LogP contribution in [0.25, 0.3) is 0 Å². The molecule has 0 fully saturated rings. The van der Waals surface area contributed by atoms with Gasteiger partial charge in [-0.05, 0) is 44.2 Å². The van der Waals surface area contributed by atoms with Crippen molar-refractivity contribution < 1.29 is 9.53 Å². The van der Waals surface area contributed by atoms with E-state index in [9.17, 15) is 4.79 Å². The lowest BCUT2D eigenvalue weighted by Crippen LogP contribution is -2.37. The molecule has 0 spiro atoms. The summed E-state index contributed by atoms with van der Waals surface area (Å²) in [7, 11) is 0. The van der Waals surface area contributed by atoms with E-state index in [1.54, 1.807) is 11.3 Å². The minimum absolute atomic E-state index is 0.143. The van der Waals surface area contributed by atoms with Crippen molar-refractivity contribution in [1.82, 2.24) is 10.6 Å². The van der Waals surface area contributed by atoms with Gasteiger partial charge < -0.3 is 15.4 Å². The van der Waals surface area contributed by atoms with E-state index in [1.807, 2.05) is 13.8 Å². The maximum absolute atomic E-state index is 11.2. The van der Waals surface area contributed by atoms with Crippen LogP contribution in [0.15, 0.2) is 16.4 Å². The minimum Gasteiger partial charge on any atom is -0.466 e. The summed E-state index contributed by atoms with van der Waals surface area (Å²) >= 11 is 1.72. The highest BCUT2D eigenvalue weighted by Crippen LogP contribution is 2.16. The summed E-state index contributed by atoms with van der Waals surface area (Å²) in [5.74, 6) is 0.643. The molecule has 0 bridgehead atoms. The number of hydrogen-bond donors (Lipinski definition) is 2. The number of aryl methyl sites for hydroxylation is 1. The summed E-state index contributed by atoms with van der Waals surface area (Å²) in [5.41, 5.74) is 1.28. The number of carbonyl (C=O) groups is 1. The molecular weight excluding hydrogens is 286 g/mol. The Morgan fingerprint density at radius 2 is 2.19 bits per heavy atom. The van der Waals surface area contributed by atoms with Crippen LogP contribution >= 0.6 is 11.3 Å². The van der Waals surface area contributed by atoms with E-state index < -0.39 is 0 Å². The van der Waals surface area contributed by atoms with Crippen molar-refractivity contribution in [1.29, 1.82) is 0 Å². The Morgan fingerprint density at radius 1 is 1.38 bits per heavy atom. The number of rotatable bonds is 8. The second-order valence-electron chi connectivity index (χ2n) is 4.56. The van der Waals surface area contributed by atoms with Crippen LogP contribution in [-0.4, -0.2) is 31.6 Å². The average Bonchev–Trinajstić information content (AvgIpc) is 2.86. The van der Waals surface area contributed by atoms with Crippen LogP contribution in [-0.2, 0) is 16.1 Å². The summed E-state index contributed by atoms with van der Waals surface area (Å²) in [6.07, 6.45) is 1.17. The second-order valence-corrected chi connectivity index (χ2v) is 5.56. The summed E-state index contributed by atoms with van der Waals surface area (Å²) in [6, 6.07) is 2.11. The van der Waals surface area contributed by atoms with Crippen LogP contribution in [0.4, 0.5) is 0 Å². The van der Waals surface area contributed by atoms with Gasteiger partial charge in [0.05, 0.1) is 13.2 Å². The van der Waals surface area contributed by atoms with Gasteiger partial charge in [0.1, 0.15) is 0 Å². The first kappa shape index (κ1) is 17.5. The number of nitrogens with one attached hydrogen (secondary N) is 2. The van der Waals surface area contributed by atoms with Crippen molar-refractivity contribution in [2.45, 2.75) is 40.2 Å². The molecule has 0 saturated carbocycles. The Kier molecular flexibility index (Phi) is 8.50. The van der Waals surface area contributed by atoms with Crippen molar-refractivity contribution in [3.63, 3.8) is 0 Å². The molecule has 0 aliphatic rings. The summed E-state index contributed by atoms with van der Waals surface area (Å²) in [6.45, 7) is 8.58. The molecule has 0 saturated heterocycles. The summed E-state index contributed by atoms with van der Waals surface area (Å²) in [5, 5.41) is 8.52. The van der Waals surface area contributed by atoms with Gasteiger partial charge in [-0.2, -0.15) is 0 Å². The zero-order valence-corrected chi connectivity index (χ0v) is 13.9. The fraction of sp³-hybridized carbons (Fsp3) is 0.600.